The van der Waals surface area contributed by atoms with Gasteiger partial charge in [-0.2, -0.15) is 5.26 Å². The number of aliphatic carboxylic acids is 1. The molecule has 78 valence electrons. The molecule has 0 bridgehead atoms. The van der Waals surface area contributed by atoms with Crippen LogP contribution in [0.5, 0.6) is 0 Å². The van der Waals surface area contributed by atoms with Gasteiger partial charge in [0.15, 0.2) is 0 Å². The van der Waals surface area contributed by atoms with Gasteiger partial charge in [0.2, 0.25) is 0 Å². The first kappa shape index (κ1) is 11.0. The number of hydrogen-bond acceptors (Lipinski definition) is 3. The van der Waals surface area contributed by atoms with E-state index in [0.717, 1.165) is 12.8 Å². The molecule has 1 aliphatic rings. The van der Waals surface area contributed by atoms with Gasteiger partial charge in [-0.15, -0.1) is 0 Å². The van der Waals surface area contributed by atoms with Crippen LogP contribution in [0.3, 0.4) is 0 Å². The van der Waals surface area contributed by atoms with E-state index in [1.165, 1.54) is 12.8 Å². The van der Waals surface area contributed by atoms with Gasteiger partial charge in [-0.3, -0.25) is 9.69 Å². The Hall–Kier alpha value is -1.08. The highest BCUT2D eigenvalue weighted by atomic mass is 16.4. The van der Waals surface area contributed by atoms with Crippen LogP contribution in [0, 0.1) is 11.3 Å². The van der Waals surface area contributed by atoms with Crippen LogP contribution in [0.2, 0.25) is 0 Å². The quantitative estimate of drug-likeness (QED) is 0.718. The number of hydrogen-bond donors (Lipinski definition) is 1. The van der Waals surface area contributed by atoms with E-state index in [4.69, 9.17) is 10.4 Å². The molecular formula is C10H16N2O2. The smallest absolute Gasteiger partial charge is 0.317 e. The van der Waals surface area contributed by atoms with Gasteiger partial charge in [0, 0.05) is 19.0 Å². The fraction of sp³-hybridized carbons (Fsp3) is 0.800. The first-order valence-electron chi connectivity index (χ1n) is 5.07. The molecule has 1 N–H and O–H groups in total. The Labute approximate surface area is 84.1 Å². The van der Waals surface area contributed by atoms with E-state index in [1.54, 1.807) is 0 Å². The zero-order valence-electron chi connectivity index (χ0n) is 8.28. The fourth-order valence-electron chi connectivity index (χ4n) is 2.03. The summed E-state index contributed by atoms with van der Waals surface area (Å²) in [5.41, 5.74) is 0. The molecule has 1 aliphatic carbocycles. The van der Waals surface area contributed by atoms with Crippen LogP contribution in [-0.4, -0.2) is 35.1 Å². The van der Waals surface area contributed by atoms with Crippen LogP contribution in [0.4, 0.5) is 0 Å². The molecule has 0 aliphatic heterocycles. The van der Waals surface area contributed by atoms with E-state index < -0.39 is 5.97 Å². The largest absolute Gasteiger partial charge is 0.480 e. The van der Waals surface area contributed by atoms with E-state index in [-0.39, 0.29) is 6.54 Å². The summed E-state index contributed by atoms with van der Waals surface area (Å²) in [6, 6.07) is 2.45. The van der Waals surface area contributed by atoms with Crippen LogP contribution in [0.1, 0.15) is 32.1 Å². The molecule has 0 spiro atoms. The Morgan fingerprint density at radius 2 is 2.14 bits per heavy atom. The van der Waals surface area contributed by atoms with Crippen molar-refractivity contribution in [2.45, 2.75) is 38.1 Å². The van der Waals surface area contributed by atoms with Crippen molar-refractivity contribution in [3.63, 3.8) is 0 Å². The Morgan fingerprint density at radius 1 is 1.50 bits per heavy atom. The summed E-state index contributed by atoms with van der Waals surface area (Å²) in [6.07, 6.45) is 4.96. The molecule has 0 unspecified atom stereocenters. The van der Waals surface area contributed by atoms with E-state index in [2.05, 4.69) is 6.07 Å². The molecular weight excluding hydrogens is 180 g/mol. The highest BCUT2D eigenvalue weighted by Gasteiger charge is 2.23. The molecule has 0 saturated heterocycles. The average Bonchev–Trinajstić information content (AvgIpc) is 2.64. The van der Waals surface area contributed by atoms with Crippen molar-refractivity contribution >= 4 is 5.97 Å². The molecule has 4 heteroatoms. The molecule has 0 heterocycles. The summed E-state index contributed by atoms with van der Waals surface area (Å²) in [7, 11) is 0. The van der Waals surface area contributed by atoms with Crippen molar-refractivity contribution in [3.05, 3.63) is 0 Å². The predicted molar refractivity (Wildman–Crippen MR) is 51.7 cm³/mol. The zero-order chi connectivity index (χ0) is 10.4. The molecule has 0 aromatic heterocycles. The first-order chi connectivity index (χ1) is 6.74. The highest BCUT2D eigenvalue weighted by Crippen LogP contribution is 2.23. The summed E-state index contributed by atoms with van der Waals surface area (Å²) < 4.78 is 0. The predicted octanol–water partition coefficient (Wildman–Crippen LogP) is 1.23. The Bertz CT molecular complexity index is 229. The topological polar surface area (TPSA) is 64.3 Å². The number of carbonyl (C=O) groups is 1. The van der Waals surface area contributed by atoms with Crippen LogP contribution in [-0.2, 0) is 4.79 Å². The van der Waals surface area contributed by atoms with Gasteiger partial charge >= 0.3 is 5.97 Å². The third-order valence-electron chi connectivity index (χ3n) is 2.69. The van der Waals surface area contributed by atoms with E-state index >= 15 is 0 Å². The fourth-order valence-corrected chi connectivity index (χ4v) is 2.03. The van der Waals surface area contributed by atoms with E-state index in [9.17, 15) is 4.79 Å². The Morgan fingerprint density at radius 3 is 2.64 bits per heavy atom. The van der Waals surface area contributed by atoms with E-state index in [0.29, 0.717) is 19.0 Å². The maximum Gasteiger partial charge on any atom is 0.317 e. The molecule has 1 rings (SSSR count). The summed E-state index contributed by atoms with van der Waals surface area (Å²) in [5.74, 6) is -0.796. The number of rotatable bonds is 5. The number of carboxylic acids is 1. The molecule has 14 heavy (non-hydrogen) atoms. The van der Waals surface area contributed by atoms with Crippen molar-refractivity contribution in [1.82, 2.24) is 4.90 Å². The Balaban J connectivity index is 2.42. The minimum atomic E-state index is -0.796. The summed E-state index contributed by atoms with van der Waals surface area (Å²) >= 11 is 0. The molecule has 0 aromatic carbocycles. The van der Waals surface area contributed by atoms with Crippen molar-refractivity contribution in [3.8, 4) is 6.07 Å². The maximum absolute atomic E-state index is 10.6. The minimum absolute atomic E-state index is 0.0757. The monoisotopic (exact) mass is 196 g/mol. The normalized spacial score (nSPS) is 17.1. The van der Waals surface area contributed by atoms with E-state index in [1.807, 2.05) is 4.90 Å². The highest BCUT2D eigenvalue weighted by molar-refractivity contribution is 5.69. The lowest BCUT2D eigenvalue weighted by molar-refractivity contribution is -0.138. The summed E-state index contributed by atoms with van der Waals surface area (Å²) in [5, 5.41) is 17.2. The van der Waals surface area contributed by atoms with Gasteiger partial charge in [-0.25, -0.2) is 0 Å². The third kappa shape index (κ3) is 3.35. The van der Waals surface area contributed by atoms with Crippen molar-refractivity contribution < 1.29 is 9.90 Å². The second kappa shape index (κ2) is 5.61. The lowest BCUT2D eigenvalue weighted by Crippen LogP contribution is -2.38. The van der Waals surface area contributed by atoms with Gasteiger partial charge < -0.3 is 5.11 Å². The van der Waals surface area contributed by atoms with Crippen LogP contribution < -0.4 is 0 Å². The average molecular weight is 196 g/mol. The standard InChI is InChI=1S/C10H16N2O2/c11-6-3-7-12(8-10(13)14)9-4-1-2-5-9/h9H,1-5,7-8H2,(H,13,14). The Kier molecular flexibility index (Phi) is 4.41. The third-order valence-corrected chi connectivity index (χ3v) is 2.69. The summed E-state index contributed by atoms with van der Waals surface area (Å²) in [4.78, 5) is 12.5. The van der Waals surface area contributed by atoms with Gasteiger partial charge in [0.25, 0.3) is 0 Å². The van der Waals surface area contributed by atoms with Crippen LogP contribution in [0.15, 0.2) is 0 Å². The van der Waals surface area contributed by atoms with Crippen LogP contribution >= 0.6 is 0 Å². The molecule has 0 amide bonds. The zero-order valence-corrected chi connectivity index (χ0v) is 8.28. The molecule has 0 aromatic rings. The molecule has 4 nitrogen and oxygen atoms in total. The second-order valence-electron chi connectivity index (χ2n) is 3.71. The number of nitrogens with zero attached hydrogens (tertiary/aromatic N) is 2. The lowest BCUT2D eigenvalue weighted by atomic mass is 10.2. The summed E-state index contributed by atoms with van der Waals surface area (Å²) in [6.45, 7) is 0.666. The minimum Gasteiger partial charge on any atom is -0.480 e. The van der Waals surface area contributed by atoms with Gasteiger partial charge in [-0.05, 0) is 12.8 Å². The van der Waals surface area contributed by atoms with Crippen molar-refractivity contribution in [2.75, 3.05) is 13.1 Å². The van der Waals surface area contributed by atoms with Gasteiger partial charge in [0.1, 0.15) is 0 Å². The molecule has 1 fully saturated rings. The van der Waals surface area contributed by atoms with Gasteiger partial charge in [0.05, 0.1) is 12.6 Å². The van der Waals surface area contributed by atoms with Crippen molar-refractivity contribution in [2.24, 2.45) is 0 Å². The number of nitriles is 1. The molecule has 1 saturated carbocycles. The molecule has 0 atom stereocenters. The second-order valence-corrected chi connectivity index (χ2v) is 3.71. The first-order valence-corrected chi connectivity index (χ1v) is 5.07. The molecule has 0 radical (unpaired) electrons. The SMILES string of the molecule is N#CCCN(CC(=O)O)C1CCCC1. The van der Waals surface area contributed by atoms with Crippen LogP contribution in [0.25, 0.3) is 0 Å². The maximum atomic E-state index is 10.6. The van der Waals surface area contributed by atoms with Gasteiger partial charge in [-0.1, -0.05) is 12.8 Å². The lowest BCUT2D eigenvalue weighted by Gasteiger charge is -2.25. The van der Waals surface area contributed by atoms with Crippen molar-refractivity contribution in [1.29, 1.82) is 5.26 Å². The number of carboxylic acid groups (broad SMARTS) is 1.